The fourth-order valence-corrected chi connectivity index (χ4v) is 6.80. The molecule has 6 nitrogen and oxygen atoms in total. The molecule has 1 atom stereocenters. The highest BCUT2D eigenvalue weighted by Crippen LogP contribution is 2.16. The molecule has 52 heavy (non-hydrogen) atoms. The van der Waals surface area contributed by atoms with Crippen LogP contribution in [0.2, 0.25) is 0 Å². The van der Waals surface area contributed by atoms with Crippen LogP contribution in [0.4, 0.5) is 0 Å². The first-order valence-corrected chi connectivity index (χ1v) is 22.9. The van der Waals surface area contributed by atoms with Gasteiger partial charge >= 0.3 is 17.9 Å². The predicted octanol–water partition coefficient (Wildman–Crippen LogP) is 14.3. The van der Waals surface area contributed by atoms with Gasteiger partial charge in [0, 0.05) is 19.3 Å². The van der Waals surface area contributed by atoms with Crippen LogP contribution in [0.3, 0.4) is 0 Å². The molecule has 0 amide bonds. The van der Waals surface area contributed by atoms with Gasteiger partial charge in [-0.3, -0.25) is 14.4 Å². The molecule has 6 heteroatoms. The van der Waals surface area contributed by atoms with Crippen molar-refractivity contribution in [3.63, 3.8) is 0 Å². The van der Waals surface area contributed by atoms with Gasteiger partial charge in [0.1, 0.15) is 13.2 Å². The van der Waals surface area contributed by atoms with E-state index in [9.17, 15) is 14.4 Å². The Labute approximate surface area is 323 Å². The molecule has 0 aliphatic heterocycles. The van der Waals surface area contributed by atoms with E-state index >= 15 is 0 Å². The molecule has 0 saturated carbocycles. The Morgan fingerprint density at radius 3 is 0.942 bits per heavy atom. The lowest BCUT2D eigenvalue weighted by Crippen LogP contribution is -2.30. The molecule has 0 radical (unpaired) electrons. The topological polar surface area (TPSA) is 78.9 Å². The van der Waals surface area contributed by atoms with Crippen LogP contribution in [0.1, 0.15) is 252 Å². The molecule has 0 saturated heterocycles. The van der Waals surface area contributed by atoms with Crippen molar-refractivity contribution in [3.05, 3.63) is 0 Å². The van der Waals surface area contributed by atoms with E-state index in [1.807, 2.05) is 0 Å². The molecule has 0 N–H and O–H groups in total. The Kier molecular flexibility index (Phi) is 39.4. The van der Waals surface area contributed by atoms with Crippen molar-refractivity contribution in [1.82, 2.24) is 0 Å². The van der Waals surface area contributed by atoms with Crippen LogP contribution in [0, 0.1) is 5.92 Å². The lowest BCUT2D eigenvalue weighted by Gasteiger charge is -2.18. The van der Waals surface area contributed by atoms with Gasteiger partial charge in [-0.1, -0.05) is 214 Å². The number of rotatable bonds is 41. The predicted molar refractivity (Wildman–Crippen MR) is 220 cm³/mol. The Morgan fingerprint density at radius 2 is 0.635 bits per heavy atom. The molecule has 308 valence electrons. The molecule has 0 heterocycles. The molecule has 0 aliphatic carbocycles. The van der Waals surface area contributed by atoms with E-state index in [1.54, 1.807) is 0 Å². The quantitative estimate of drug-likeness (QED) is 0.0353. The van der Waals surface area contributed by atoms with Gasteiger partial charge in [0.2, 0.25) is 0 Å². The van der Waals surface area contributed by atoms with E-state index < -0.39 is 6.10 Å². The minimum atomic E-state index is -0.758. The summed E-state index contributed by atoms with van der Waals surface area (Å²) in [5.74, 6) is -0.0418. The van der Waals surface area contributed by atoms with E-state index in [2.05, 4.69) is 27.7 Å². The fraction of sp³-hybridized carbons (Fsp3) is 0.935. The highest BCUT2D eigenvalue weighted by molar-refractivity contribution is 5.71. The summed E-state index contributed by atoms with van der Waals surface area (Å²) in [7, 11) is 0. The van der Waals surface area contributed by atoms with Gasteiger partial charge in [0.25, 0.3) is 0 Å². The molecule has 0 aromatic rings. The van der Waals surface area contributed by atoms with Crippen LogP contribution in [0.5, 0.6) is 0 Å². The monoisotopic (exact) mass is 737 g/mol. The zero-order chi connectivity index (χ0) is 38.2. The highest BCUT2D eigenvalue weighted by Gasteiger charge is 2.19. The standard InChI is InChI=1S/C46H88O6/c1-5-7-9-11-13-14-15-16-17-18-22-26-29-33-37-44(47)50-40-43(52-46(49)39-35-31-24-12-10-8-6-2)41-51-45(48)38-34-30-27-23-20-19-21-25-28-32-36-42(3)4/h42-43H,5-41H2,1-4H3/t43-/m0/s1. The van der Waals surface area contributed by atoms with Gasteiger partial charge in [0.05, 0.1) is 0 Å². The van der Waals surface area contributed by atoms with Gasteiger partial charge in [-0.25, -0.2) is 0 Å². The van der Waals surface area contributed by atoms with Crippen LogP contribution >= 0.6 is 0 Å². The number of hydrogen-bond donors (Lipinski definition) is 0. The van der Waals surface area contributed by atoms with Crippen molar-refractivity contribution in [3.8, 4) is 0 Å². The number of carbonyl (C=O) groups excluding carboxylic acids is 3. The van der Waals surface area contributed by atoms with Crippen molar-refractivity contribution in [2.75, 3.05) is 13.2 Å². The fourth-order valence-electron chi connectivity index (χ4n) is 6.80. The summed E-state index contributed by atoms with van der Waals surface area (Å²) in [5, 5.41) is 0. The number of unbranched alkanes of at least 4 members (excludes halogenated alkanes) is 28. The maximum atomic E-state index is 12.6. The summed E-state index contributed by atoms with van der Waals surface area (Å²) in [5.41, 5.74) is 0. The summed E-state index contributed by atoms with van der Waals surface area (Å²) >= 11 is 0. The van der Waals surface area contributed by atoms with Crippen LogP contribution in [0.15, 0.2) is 0 Å². The first-order chi connectivity index (χ1) is 25.4. The molecular formula is C46H88O6. The molecule has 0 rings (SSSR count). The highest BCUT2D eigenvalue weighted by atomic mass is 16.6. The molecule has 0 aliphatic rings. The third kappa shape index (κ3) is 39.6. The lowest BCUT2D eigenvalue weighted by molar-refractivity contribution is -0.167. The number of carbonyl (C=O) groups is 3. The largest absolute Gasteiger partial charge is 0.462 e. The Hall–Kier alpha value is -1.59. The molecular weight excluding hydrogens is 649 g/mol. The molecule has 0 spiro atoms. The van der Waals surface area contributed by atoms with Crippen molar-refractivity contribution in [1.29, 1.82) is 0 Å². The molecule has 0 aromatic heterocycles. The van der Waals surface area contributed by atoms with Crippen LogP contribution < -0.4 is 0 Å². The minimum absolute atomic E-state index is 0.0643. The maximum Gasteiger partial charge on any atom is 0.306 e. The first-order valence-electron chi connectivity index (χ1n) is 22.9. The number of hydrogen-bond acceptors (Lipinski definition) is 6. The third-order valence-electron chi connectivity index (χ3n) is 10.3. The second-order valence-electron chi connectivity index (χ2n) is 16.2. The second kappa shape index (κ2) is 40.6. The normalized spacial score (nSPS) is 11.9. The SMILES string of the molecule is CCCCCCCCCCCCCCCCC(=O)OC[C@@H](COC(=O)CCCCCCCCCCCCC(C)C)OC(=O)CCCCCCCCC. The van der Waals surface area contributed by atoms with Gasteiger partial charge in [0.15, 0.2) is 6.10 Å². The minimum Gasteiger partial charge on any atom is -0.462 e. The van der Waals surface area contributed by atoms with Gasteiger partial charge < -0.3 is 14.2 Å². The van der Waals surface area contributed by atoms with Crippen molar-refractivity contribution in [2.24, 2.45) is 5.92 Å². The second-order valence-corrected chi connectivity index (χ2v) is 16.2. The smallest absolute Gasteiger partial charge is 0.306 e. The number of esters is 3. The number of ether oxygens (including phenoxy) is 3. The van der Waals surface area contributed by atoms with Crippen LogP contribution in [-0.4, -0.2) is 37.2 Å². The van der Waals surface area contributed by atoms with E-state index in [0.29, 0.717) is 19.3 Å². The Balaban J connectivity index is 4.23. The first kappa shape index (κ1) is 50.4. The van der Waals surface area contributed by atoms with E-state index in [1.165, 1.54) is 148 Å². The average molecular weight is 737 g/mol. The zero-order valence-corrected chi connectivity index (χ0v) is 35.3. The third-order valence-corrected chi connectivity index (χ3v) is 10.3. The van der Waals surface area contributed by atoms with E-state index in [0.717, 1.165) is 63.7 Å². The lowest BCUT2D eigenvalue weighted by atomic mass is 10.0. The summed E-state index contributed by atoms with van der Waals surface area (Å²) in [6.07, 6.45) is 39.5. The van der Waals surface area contributed by atoms with E-state index in [-0.39, 0.29) is 31.1 Å². The maximum absolute atomic E-state index is 12.6. The molecule has 0 unspecified atom stereocenters. The summed E-state index contributed by atoms with van der Waals surface area (Å²) in [6.45, 7) is 8.95. The van der Waals surface area contributed by atoms with Crippen molar-refractivity contribution in [2.45, 2.75) is 259 Å². The Morgan fingerprint density at radius 1 is 0.365 bits per heavy atom. The summed E-state index contributed by atoms with van der Waals surface area (Å²) < 4.78 is 16.7. The van der Waals surface area contributed by atoms with Crippen LogP contribution in [-0.2, 0) is 28.6 Å². The molecule has 0 fully saturated rings. The van der Waals surface area contributed by atoms with Crippen molar-refractivity contribution < 1.29 is 28.6 Å². The summed E-state index contributed by atoms with van der Waals surface area (Å²) in [6, 6.07) is 0. The summed E-state index contributed by atoms with van der Waals surface area (Å²) in [4.78, 5) is 37.6. The zero-order valence-electron chi connectivity index (χ0n) is 35.3. The van der Waals surface area contributed by atoms with Gasteiger partial charge in [-0.2, -0.15) is 0 Å². The molecule has 0 bridgehead atoms. The van der Waals surface area contributed by atoms with Gasteiger partial charge in [-0.05, 0) is 25.2 Å². The Bertz CT molecular complexity index is 781. The average Bonchev–Trinajstić information content (AvgIpc) is 3.12. The van der Waals surface area contributed by atoms with Crippen molar-refractivity contribution >= 4 is 17.9 Å². The molecule has 0 aromatic carbocycles. The van der Waals surface area contributed by atoms with Crippen LogP contribution in [0.25, 0.3) is 0 Å². The van der Waals surface area contributed by atoms with E-state index in [4.69, 9.17) is 14.2 Å². The van der Waals surface area contributed by atoms with Gasteiger partial charge in [-0.15, -0.1) is 0 Å².